The van der Waals surface area contributed by atoms with Gasteiger partial charge in [-0.2, -0.15) is 4.90 Å². The first kappa shape index (κ1) is 13.3. The molecule has 1 aliphatic carbocycles. The highest BCUT2D eigenvalue weighted by Crippen LogP contribution is 2.37. The summed E-state index contributed by atoms with van der Waals surface area (Å²) < 4.78 is 0. The highest BCUT2D eigenvalue weighted by Gasteiger charge is 2.40. The van der Waals surface area contributed by atoms with Crippen LogP contribution in [0, 0.1) is 23.9 Å². The van der Waals surface area contributed by atoms with Crippen LogP contribution < -0.4 is 0 Å². The van der Waals surface area contributed by atoms with Gasteiger partial charge >= 0.3 is 6.19 Å². The van der Waals surface area contributed by atoms with Crippen LogP contribution in [0.15, 0.2) is 12.7 Å². The van der Waals surface area contributed by atoms with Gasteiger partial charge < -0.3 is 0 Å². The number of hydrogen-bond acceptors (Lipinski definition) is 2. The van der Waals surface area contributed by atoms with Crippen LogP contribution in [0.25, 0.3) is 4.95 Å². The lowest BCUT2D eigenvalue weighted by Gasteiger charge is -2.38. The zero-order chi connectivity index (χ0) is 13.1. The average Bonchev–Trinajstić information content (AvgIpc) is 2.77. The summed E-state index contributed by atoms with van der Waals surface area (Å²) in [4.78, 5) is 6.59. The molecular weight excluding hydrogens is 222 g/mol. The van der Waals surface area contributed by atoms with Gasteiger partial charge in [-0.25, -0.2) is 0 Å². The van der Waals surface area contributed by atoms with Crippen molar-refractivity contribution in [3.63, 3.8) is 0 Å². The molecule has 0 spiro atoms. The topological polar surface area (TPSA) is 10.8 Å². The molecule has 100 valence electrons. The van der Waals surface area contributed by atoms with E-state index in [-0.39, 0.29) is 0 Å². The fourth-order valence-corrected chi connectivity index (χ4v) is 3.29. The minimum atomic E-state index is 0.594. The molecule has 3 heteroatoms. The predicted octanol–water partition coefficient (Wildman–Crippen LogP) is 3.41. The van der Waals surface area contributed by atoms with Crippen LogP contribution in [0.1, 0.15) is 40.0 Å². The van der Waals surface area contributed by atoms with Crippen LogP contribution in [-0.4, -0.2) is 29.2 Å². The first-order valence-corrected chi connectivity index (χ1v) is 7.20. The maximum Gasteiger partial charge on any atom is 0.410 e. The Hall–Kier alpha value is -1.17. The van der Waals surface area contributed by atoms with E-state index in [0.717, 1.165) is 31.0 Å². The van der Waals surface area contributed by atoms with E-state index in [1.54, 1.807) is 0 Å². The van der Waals surface area contributed by atoms with Gasteiger partial charge in [0.2, 0.25) is 6.67 Å². The third-order valence-corrected chi connectivity index (χ3v) is 4.35. The van der Waals surface area contributed by atoms with Crippen molar-refractivity contribution in [2.75, 3.05) is 13.2 Å². The predicted molar refractivity (Wildman–Crippen MR) is 76.0 cm³/mol. The van der Waals surface area contributed by atoms with Crippen molar-refractivity contribution in [3.05, 3.63) is 17.6 Å². The zero-order valence-corrected chi connectivity index (χ0v) is 12.0. The Morgan fingerprint density at radius 3 is 2.89 bits per heavy atom. The van der Waals surface area contributed by atoms with Gasteiger partial charge in [0.25, 0.3) is 0 Å². The summed E-state index contributed by atoms with van der Waals surface area (Å²) in [5.74, 6) is 2.34. The van der Waals surface area contributed by atoms with Crippen LogP contribution in [0.4, 0.5) is 0 Å². The molecule has 0 amide bonds. The molecule has 3 atom stereocenters. The molecule has 0 saturated heterocycles. The Kier molecular flexibility index (Phi) is 4.16. The number of nitrogens with zero attached hydrogens (tertiary/aromatic N) is 3. The Labute approximate surface area is 111 Å². The highest BCUT2D eigenvalue weighted by molar-refractivity contribution is 4.99. The first-order valence-electron chi connectivity index (χ1n) is 7.20. The molecule has 2 aliphatic rings. The molecule has 1 heterocycles. The number of hydrogen-bond donors (Lipinski definition) is 0. The van der Waals surface area contributed by atoms with Crippen LogP contribution >= 0.6 is 0 Å². The van der Waals surface area contributed by atoms with E-state index in [1.807, 2.05) is 6.08 Å². The van der Waals surface area contributed by atoms with E-state index < -0.39 is 0 Å². The van der Waals surface area contributed by atoms with Crippen LogP contribution in [0.3, 0.4) is 0 Å². The molecule has 0 N–H and O–H groups in total. The van der Waals surface area contributed by atoms with Gasteiger partial charge in [-0.15, -0.1) is 5.01 Å². The van der Waals surface area contributed by atoms with Crippen molar-refractivity contribution < 1.29 is 0 Å². The Morgan fingerprint density at radius 2 is 2.22 bits per heavy atom. The third-order valence-electron chi connectivity index (χ3n) is 4.35. The number of rotatable bonds is 4. The molecule has 2 rings (SSSR count). The van der Waals surface area contributed by atoms with Gasteiger partial charge in [0.1, 0.15) is 6.54 Å². The van der Waals surface area contributed by atoms with Gasteiger partial charge in [0.15, 0.2) is 0 Å². The summed E-state index contributed by atoms with van der Waals surface area (Å²) in [5.41, 5.74) is 0. The summed E-state index contributed by atoms with van der Waals surface area (Å²) >= 11 is 0. The molecule has 0 aromatic carbocycles. The van der Waals surface area contributed by atoms with Crippen LogP contribution in [0.2, 0.25) is 0 Å². The van der Waals surface area contributed by atoms with Crippen molar-refractivity contribution in [1.82, 2.24) is 9.91 Å². The van der Waals surface area contributed by atoms with Crippen LogP contribution in [-0.2, 0) is 0 Å². The summed E-state index contributed by atoms with van der Waals surface area (Å²) in [7, 11) is 0. The molecular formula is C15H26N3+. The van der Waals surface area contributed by atoms with Gasteiger partial charge in [0, 0.05) is 0 Å². The molecule has 1 fully saturated rings. The highest BCUT2D eigenvalue weighted by atomic mass is 15.6. The minimum Gasteiger partial charge on any atom is -0.181 e. The molecule has 1 aliphatic heterocycles. The Morgan fingerprint density at radius 1 is 1.44 bits per heavy atom. The van der Waals surface area contributed by atoms with E-state index in [9.17, 15) is 0 Å². The minimum absolute atomic E-state index is 0.594. The molecule has 0 aromatic heterocycles. The summed E-state index contributed by atoms with van der Waals surface area (Å²) in [6, 6.07) is 0.594. The monoisotopic (exact) mass is 248 g/mol. The van der Waals surface area contributed by atoms with Gasteiger partial charge in [-0.1, -0.05) is 33.8 Å². The van der Waals surface area contributed by atoms with E-state index in [2.05, 4.69) is 48.4 Å². The molecule has 1 saturated carbocycles. The third kappa shape index (κ3) is 2.80. The van der Waals surface area contributed by atoms with E-state index in [4.69, 9.17) is 0 Å². The molecule has 3 nitrogen and oxygen atoms in total. The molecule has 3 unspecified atom stereocenters. The Balaban J connectivity index is 2.02. The van der Waals surface area contributed by atoms with Gasteiger partial charge in [0.05, 0.1) is 6.04 Å². The fraction of sp³-hybridized carbons (Fsp3) is 0.800. The van der Waals surface area contributed by atoms with Crippen molar-refractivity contribution in [2.24, 2.45) is 17.8 Å². The maximum absolute atomic E-state index is 4.49. The average molecular weight is 248 g/mol. The van der Waals surface area contributed by atoms with Gasteiger partial charge in [-0.05, 0) is 41.6 Å². The summed E-state index contributed by atoms with van der Waals surface area (Å²) in [6.45, 7) is 12.6. The van der Waals surface area contributed by atoms with Crippen molar-refractivity contribution in [3.8, 4) is 6.19 Å². The second kappa shape index (κ2) is 5.65. The van der Waals surface area contributed by atoms with Crippen molar-refractivity contribution >= 4 is 0 Å². The first-order chi connectivity index (χ1) is 8.61. The molecule has 0 aromatic rings. The summed E-state index contributed by atoms with van der Waals surface area (Å²) in [5, 5.41) is 2.25. The zero-order valence-electron chi connectivity index (χ0n) is 12.0. The smallest absolute Gasteiger partial charge is 0.181 e. The van der Waals surface area contributed by atoms with Crippen LogP contribution in [0.5, 0.6) is 0 Å². The SMILES string of the molecule is C=CCN1C#[N+]N(C2CC(C)CCC2C(C)C)C1. The normalized spacial score (nSPS) is 31.4. The van der Waals surface area contributed by atoms with Crippen molar-refractivity contribution in [2.45, 2.75) is 46.1 Å². The second-order valence-electron chi connectivity index (χ2n) is 6.19. The summed E-state index contributed by atoms with van der Waals surface area (Å²) in [6.07, 6.45) is 8.99. The largest absolute Gasteiger partial charge is 0.410 e. The lowest BCUT2D eigenvalue weighted by Crippen LogP contribution is -2.44. The van der Waals surface area contributed by atoms with Crippen molar-refractivity contribution in [1.29, 1.82) is 0 Å². The maximum atomic E-state index is 4.49. The van der Waals surface area contributed by atoms with Gasteiger partial charge in [-0.3, -0.25) is 0 Å². The Bertz CT molecular complexity index is 352. The molecule has 0 radical (unpaired) electrons. The quantitative estimate of drug-likeness (QED) is 0.557. The second-order valence-corrected chi connectivity index (χ2v) is 6.19. The standard InChI is InChI=1S/C15H26N3/c1-5-8-17-10-16-18(11-17)15-9-13(4)6-7-14(15)12(2)3/h5,12-15H,1,6-9,11H2,2-4H3/q+1. The van der Waals surface area contributed by atoms with E-state index in [1.165, 1.54) is 19.3 Å². The fourth-order valence-electron chi connectivity index (χ4n) is 3.29. The molecule has 0 bridgehead atoms. The lowest BCUT2D eigenvalue weighted by atomic mass is 9.74. The van der Waals surface area contributed by atoms with E-state index in [0.29, 0.717) is 6.04 Å². The molecule has 18 heavy (non-hydrogen) atoms. The van der Waals surface area contributed by atoms with E-state index >= 15 is 0 Å². The lowest BCUT2D eigenvalue weighted by molar-refractivity contribution is 0.0767.